The normalized spacial score (nSPS) is 42.2. The fourth-order valence-corrected chi connectivity index (χ4v) is 10.2. The van der Waals surface area contributed by atoms with Crippen LogP contribution in [0.5, 0.6) is 0 Å². The molecule has 5 aliphatic rings. The van der Waals surface area contributed by atoms with Crippen LogP contribution in [-0.4, -0.2) is 59.9 Å². The number of unbranched alkanes of at least 4 members (excludes halogenated alkanes) is 1. The van der Waals surface area contributed by atoms with Gasteiger partial charge in [0.15, 0.2) is 17.7 Å². The lowest BCUT2D eigenvalue weighted by molar-refractivity contribution is -0.142. The van der Waals surface area contributed by atoms with Gasteiger partial charge in [0.2, 0.25) is 0 Å². The van der Waals surface area contributed by atoms with Crippen molar-refractivity contribution < 1.29 is 24.5 Å². The molecule has 4 aliphatic carbocycles. The molecular formula is C38H62N2O5. The second-order valence-corrected chi connectivity index (χ2v) is 15.7. The molecule has 5 rings (SSSR count). The standard InChI is InChI=1S/C38H62N2O5/c1-3-4-8-24-17-26(18-25-15-16-40-36(39)21-25)19-28-11-13-30(27-9-6-5-7-10-27)31-23-34(42)35(45-2)22-29(31)12-14-33(41)38(44)37(43)32(28)20-24/h24-32,34-36,38,40,42,44H,3-10,12,14-23,39H2,1-2H3. The second kappa shape index (κ2) is 16.7. The number of hydrogen-bond donors (Lipinski definition) is 4. The maximum atomic E-state index is 14.1. The van der Waals surface area contributed by atoms with Gasteiger partial charge in [0.1, 0.15) is 0 Å². The number of carbonyl (C=O) groups is 2. The molecule has 0 radical (unpaired) electrons. The third kappa shape index (κ3) is 8.99. The Morgan fingerprint density at radius 2 is 1.69 bits per heavy atom. The molecule has 0 amide bonds. The van der Waals surface area contributed by atoms with Crippen LogP contribution >= 0.6 is 0 Å². The first-order valence-corrected chi connectivity index (χ1v) is 18.7. The number of ether oxygens (including phenoxy) is 1. The molecule has 1 aliphatic heterocycles. The molecule has 0 bridgehead atoms. The van der Waals surface area contributed by atoms with Gasteiger partial charge in [0.05, 0.1) is 18.4 Å². The van der Waals surface area contributed by atoms with E-state index in [9.17, 15) is 19.8 Å². The average molecular weight is 627 g/mol. The monoisotopic (exact) mass is 626 g/mol. The minimum absolute atomic E-state index is 0.0507. The number of nitrogens with one attached hydrogen (secondary N) is 1. The molecule has 0 aromatic carbocycles. The highest BCUT2D eigenvalue weighted by Gasteiger charge is 2.45. The number of nitrogens with two attached hydrogens (primary N) is 1. The molecule has 0 aromatic heterocycles. The van der Waals surface area contributed by atoms with E-state index < -0.39 is 18.1 Å². The molecule has 4 fully saturated rings. The summed E-state index contributed by atoms with van der Waals surface area (Å²) in [5, 5.41) is 25.8. The fraction of sp³-hybridized carbons (Fsp3) is 0.895. The number of rotatable bonds is 7. The van der Waals surface area contributed by atoms with Crippen molar-refractivity contribution in [2.24, 2.45) is 59.0 Å². The van der Waals surface area contributed by atoms with Crippen LogP contribution in [0.1, 0.15) is 122 Å². The minimum atomic E-state index is -1.57. The molecule has 7 heteroatoms. The van der Waals surface area contributed by atoms with E-state index in [2.05, 4.69) is 24.1 Å². The van der Waals surface area contributed by atoms with Crippen molar-refractivity contribution in [2.75, 3.05) is 13.7 Å². The van der Waals surface area contributed by atoms with Crippen molar-refractivity contribution >= 4 is 11.6 Å². The third-order valence-corrected chi connectivity index (χ3v) is 12.6. The summed E-state index contributed by atoms with van der Waals surface area (Å²) in [7, 11) is 1.66. The first kappa shape index (κ1) is 35.0. The number of fused-ring (bicyclic) bond motifs is 2. The van der Waals surface area contributed by atoms with Gasteiger partial charge in [-0.25, -0.2) is 0 Å². The smallest absolute Gasteiger partial charge is 0.173 e. The SMILES string of the molecule is CCCCC1CC(CC2CCNC(N)C2)CC2C#CC(C3CCCCC3)C3CC(O)C(OC)CC3CCC(=O)C(O)C(=O)C2C1. The van der Waals surface area contributed by atoms with Crippen LogP contribution < -0.4 is 11.1 Å². The molecule has 254 valence electrons. The van der Waals surface area contributed by atoms with Gasteiger partial charge >= 0.3 is 0 Å². The van der Waals surface area contributed by atoms with E-state index >= 15 is 0 Å². The van der Waals surface area contributed by atoms with E-state index in [1.165, 1.54) is 19.3 Å². The van der Waals surface area contributed by atoms with Crippen LogP contribution in [0.15, 0.2) is 0 Å². The summed E-state index contributed by atoms with van der Waals surface area (Å²) in [6, 6.07) is 0. The Bertz CT molecular complexity index is 1030. The molecule has 0 spiro atoms. The van der Waals surface area contributed by atoms with Crippen molar-refractivity contribution in [3.63, 3.8) is 0 Å². The summed E-state index contributed by atoms with van der Waals surface area (Å²) in [6.45, 7) is 3.18. The third-order valence-electron chi connectivity index (χ3n) is 12.6. The predicted molar refractivity (Wildman–Crippen MR) is 177 cm³/mol. The average Bonchev–Trinajstić information content (AvgIpc) is 3.21. The molecule has 45 heavy (non-hydrogen) atoms. The predicted octanol–water partition coefficient (Wildman–Crippen LogP) is 5.39. The summed E-state index contributed by atoms with van der Waals surface area (Å²) < 4.78 is 5.69. The van der Waals surface area contributed by atoms with Crippen molar-refractivity contribution in [3.8, 4) is 11.8 Å². The van der Waals surface area contributed by atoms with Crippen molar-refractivity contribution in [2.45, 2.75) is 147 Å². The summed E-state index contributed by atoms with van der Waals surface area (Å²) >= 11 is 0. The van der Waals surface area contributed by atoms with Crippen LogP contribution in [0.2, 0.25) is 0 Å². The number of carbonyl (C=O) groups excluding carboxylic acids is 2. The Morgan fingerprint density at radius 1 is 0.889 bits per heavy atom. The van der Waals surface area contributed by atoms with Crippen molar-refractivity contribution in [1.82, 2.24) is 5.32 Å². The largest absolute Gasteiger partial charge is 0.390 e. The van der Waals surface area contributed by atoms with E-state index in [1.54, 1.807) is 7.11 Å². The lowest BCUT2D eigenvalue weighted by atomic mass is 9.63. The van der Waals surface area contributed by atoms with Gasteiger partial charge in [-0.1, -0.05) is 57.3 Å². The van der Waals surface area contributed by atoms with E-state index in [0.29, 0.717) is 42.9 Å². The quantitative estimate of drug-likeness (QED) is 0.221. The molecule has 1 saturated heterocycles. The Kier molecular flexibility index (Phi) is 13.0. The van der Waals surface area contributed by atoms with Crippen LogP contribution in [0.25, 0.3) is 0 Å². The number of aliphatic hydroxyl groups is 2. The lowest BCUT2D eigenvalue weighted by Gasteiger charge is -2.44. The van der Waals surface area contributed by atoms with E-state index in [1.807, 2.05) is 0 Å². The molecular weight excluding hydrogens is 564 g/mol. The van der Waals surface area contributed by atoms with Gasteiger partial charge in [0.25, 0.3) is 0 Å². The molecule has 1 heterocycles. The Morgan fingerprint density at radius 3 is 2.42 bits per heavy atom. The van der Waals surface area contributed by atoms with Gasteiger partial charge in [-0.15, -0.1) is 0 Å². The number of ketones is 2. The van der Waals surface area contributed by atoms with Gasteiger partial charge in [0, 0.05) is 31.3 Å². The zero-order chi connectivity index (χ0) is 31.9. The summed E-state index contributed by atoms with van der Waals surface area (Å²) in [6.07, 6.45) is 15.1. The Labute approximate surface area is 272 Å². The molecule has 5 N–H and O–H groups in total. The highest BCUT2D eigenvalue weighted by Crippen LogP contribution is 2.46. The van der Waals surface area contributed by atoms with Crippen LogP contribution in [-0.2, 0) is 14.3 Å². The van der Waals surface area contributed by atoms with Crippen molar-refractivity contribution in [3.05, 3.63) is 0 Å². The molecule has 12 atom stereocenters. The van der Waals surface area contributed by atoms with E-state index in [-0.39, 0.29) is 53.9 Å². The zero-order valence-electron chi connectivity index (χ0n) is 28.1. The Balaban J connectivity index is 1.51. The number of methoxy groups -OCH3 is 1. The highest BCUT2D eigenvalue weighted by molar-refractivity contribution is 6.06. The fourth-order valence-electron chi connectivity index (χ4n) is 10.2. The van der Waals surface area contributed by atoms with Gasteiger partial charge in [-0.05, 0) is 113 Å². The molecule has 7 nitrogen and oxygen atoms in total. The molecule has 3 saturated carbocycles. The maximum Gasteiger partial charge on any atom is 0.173 e. The lowest BCUT2D eigenvalue weighted by Crippen LogP contribution is -2.45. The maximum absolute atomic E-state index is 14.1. The van der Waals surface area contributed by atoms with Gasteiger partial charge in [-0.3, -0.25) is 9.59 Å². The van der Waals surface area contributed by atoms with E-state index in [0.717, 1.165) is 77.2 Å². The van der Waals surface area contributed by atoms with Gasteiger partial charge < -0.3 is 26.0 Å². The van der Waals surface area contributed by atoms with Gasteiger partial charge in [-0.2, -0.15) is 0 Å². The number of Topliss-reactive ketones (excluding diaryl/α,β-unsaturated/α-hetero) is 2. The summed E-state index contributed by atoms with van der Waals surface area (Å²) in [5.74, 6) is 8.89. The van der Waals surface area contributed by atoms with E-state index in [4.69, 9.17) is 10.5 Å². The first-order valence-electron chi connectivity index (χ1n) is 18.7. The molecule has 12 unspecified atom stereocenters. The van der Waals surface area contributed by atoms with Crippen LogP contribution in [0, 0.1) is 65.1 Å². The highest BCUT2D eigenvalue weighted by atomic mass is 16.5. The Hall–Kier alpha value is -1.30. The summed E-state index contributed by atoms with van der Waals surface area (Å²) in [4.78, 5) is 27.6. The first-order chi connectivity index (χ1) is 21.8. The summed E-state index contributed by atoms with van der Waals surface area (Å²) in [5.41, 5.74) is 6.31. The number of hydrogen-bond acceptors (Lipinski definition) is 7. The zero-order valence-corrected chi connectivity index (χ0v) is 28.1. The minimum Gasteiger partial charge on any atom is -0.390 e. The van der Waals surface area contributed by atoms with Crippen LogP contribution in [0.3, 0.4) is 0 Å². The van der Waals surface area contributed by atoms with Crippen LogP contribution in [0.4, 0.5) is 0 Å². The molecule has 0 aromatic rings. The second-order valence-electron chi connectivity index (χ2n) is 15.7. The number of piperidine rings is 1. The topological polar surface area (TPSA) is 122 Å². The van der Waals surface area contributed by atoms with Crippen molar-refractivity contribution in [1.29, 1.82) is 0 Å². The number of aliphatic hydroxyl groups excluding tert-OH is 2.